The molecule has 0 bridgehead atoms. The number of thioether (sulfide) groups is 1. The molecule has 0 aliphatic carbocycles. The Labute approximate surface area is 200 Å². The van der Waals surface area contributed by atoms with Crippen LogP contribution in [0.3, 0.4) is 0 Å². The number of hydrogen-bond acceptors (Lipinski definition) is 7. The first-order chi connectivity index (χ1) is 16.1. The second-order valence-electron chi connectivity index (χ2n) is 6.97. The van der Waals surface area contributed by atoms with Gasteiger partial charge in [-0.1, -0.05) is 29.8 Å². The van der Waals surface area contributed by atoms with Gasteiger partial charge in [-0.2, -0.15) is 0 Å². The van der Waals surface area contributed by atoms with E-state index in [2.05, 4.69) is 10.3 Å². The summed E-state index contributed by atoms with van der Waals surface area (Å²) in [4.78, 5) is 26.7. The number of aromatic nitrogens is 1. The fourth-order valence-electron chi connectivity index (χ4n) is 3.21. The molecule has 1 N–H and O–H groups in total. The number of carbonyl (C=O) groups is 1. The highest BCUT2D eigenvalue weighted by Gasteiger charge is 2.18. The molecule has 1 aliphatic rings. The van der Waals surface area contributed by atoms with Crippen LogP contribution in [0.5, 0.6) is 11.5 Å². The van der Waals surface area contributed by atoms with Gasteiger partial charge in [-0.25, -0.2) is 9.98 Å². The summed E-state index contributed by atoms with van der Waals surface area (Å²) < 4.78 is 10.6. The predicted octanol–water partition coefficient (Wildman–Crippen LogP) is 5.68. The Balaban J connectivity index is 1.51. The van der Waals surface area contributed by atoms with Crippen molar-refractivity contribution in [3.63, 3.8) is 0 Å². The van der Waals surface area contributed by atoms with Crippen LogP contribution in [0.1, 0.15) is 12.1 Å². The molecule has 7 nitrogen and oxygen atoms in total. The minimum absolute atomic E-state index is 0.156. The van der Waals surface area contributed by atoms with E-state index < -0.39 is 0 Å². The molecule has 168 valence electrons. The van der Waals surface area contributed by atoms with Crippen molar-refractivity contribution in [3.05, 3.63) is 71.5 Å². The monoisotopic (exact) mass is 480 g/mol. The number of benzene rings is 2. The Morgan fingerprint density at radius 3 is 2.45 bits per heavy atom. The molecule has 1 aliphatic heterocycles. The summed E-state index contributed by atoms with van der Waals surface area (Å²) in [7, 11) is 3.03. The van der Waals surface area contributed by atoms with E-state index in [1.807, 2.05) is 42.5 Å². The van der Waals surface area contributed by atoms with E-state index in [1.165, 1.54) is 26.0 Å². The summed E-state index contributed by atoms with van der Waals surface area (Å²) in [5.74, 6) is 0.869. The molecular formula is C24H21ClN4O3S. The molecule has 3 aromatic rings. The van der Waals surface area contributed by atoms with Gasteiger partial charge < -0.3 is 14.8 Å². The number of amides is 1. The minimum atomic E-state index is -0.212. The van der Waals surface area contributed by atoms with Gasteiger partial charge in [-0.3, -0.25) is 9.78 Å². The van der Waals surface area contributed by atoms with Crippen molar-refractivity contribution in [1.82, 2.24) is 4.98 Å². The number of hydrogen-bond donors (Lipinski definition) is 1. The number of anilines is 1. The lowest BCUT2D eigenvalue weighted by atomic mass is 10.2. The van der Waals surface area contributed by atoms with Gasteiger partial charge in [0.15, 0.2) is 0 Å². The number of aliphatic imine (C=N–C) groups is 2. The number of rotatable bonds is 6. The molecule has 1 amide bonds. The van der Waals surface area contributed by atoms with E-state index >= 15 is 0 Å². The van der Waals surface area contributed by atoms with Crippen LogP contribution in [0.15, 0.2) is 70.8 Å². The van der Waals surface area contributed by atoms with E-state index in [1.54, 1.807) is 18.3 Å². The minimum Gasteiger partial charge on any atom is -0.495 e. The molecule has 33 heavy (non-hydrogen) atoms. The first-order valence-electron chi connectivity index (χ1n) is 10.1. The van der Waals surface area contributed by atoms with Crippen molar-refractivity contribution < 1.29 is 14.3 Å². The second kappa shape index (κ2) is 10.5. The molecule has 2 heterocycles. The summed E-state index contributed by atoms with van der Waals surface area (Å²) in [5.41, 5.74) is 3.59. The standard InChI is InChI=1S/C24H21ClN4O3S/c1-31-21-13-22(32-2)20(11-15(21)25)28-23(30)14-33-24-12-19(16-7-5-6-10-26-16)27-17-8-3-4-9-18(17)29-24/h3-11,13H,12,14H2,1-2H3,(H,28,30). The van der Waals surface area contributed by atoms with Gasteiger partial charge in [0.1, 0.15) is 11.5 Å². The summed E-state index contributed by atoms with van der Waals surface area (Å²) in [5, 5.41) is 4.00. The van der Waals surface area contributed by atoms with Gasteiger partial charge in [0.25, 0.3) is 0 Å². The van der Waals surface area contributed by atoms with E-state index in [9.17, 15) is 4.79 Å². The van der Waals surface area contributed by atoms with Gasteiger partial charge in [0.05, 0.1) is 58.5 Å². The highest BCUT2D eigenvalue weighted by molar-refractivity contribution is 8.14. The maximum Gasteiger partial charge on any atom is 0.234 e. The normalized spacial score (nSPS) is 12.7. The lowest BCUT2D eigenvalue weighted by Crippen LogP contribution is -2.17. The average molecular weight is 481 g/mol. The van der Waals surface area contributed by atoms with Crippen LogP contribution >= 0.6 is 23.4 Å². The lowest BCUT2D eigenvalue weighted by molar-refractivity contribution is -0.113. The van der Waals surface area contributed by atoms with Crippen molar-refractivity contribution in [2.45, 2.75) is 6.42 Å². The summed E-state index contributed by atoms with van der Waals surface area (Å²) >= 11 is 7.56. The van der Waals surface area contributed by atoms with Gasteiger partial charge in [-0.05, 0) is 30.3 Å². The third-order valence-electron chi connectivity index (χ3n) is 4.78. The van der Waals surface area contributed by atoms with E-state index in [4.69, 9.17) is 31.1 Å². The molecule has 0 fully saturated rings. The Kier molecular flexibility index (Phi) is 7.26. The van der Waals surface area contributed by atoms with Gasteiger partial charge >= 0.3 is 0 Å². The van der Waals surface area contributed by atoms with E-state index in [0.717, 1.165) is 27.8 Å². The topological polar surface area (TPSA) is 85.2 Å². The zero-order valence-electron chi connectivity index (χ0n) is 18.0. The lowest BCUT2D eigenvalue weighted by Gasteiger charge is -2.13. The van der Waals surface area contributed by atoms with Crippen molar-refractivity contribution in [3.8, 4) is 11.5 Å². The van der Waals surface area contributed by atoms with Crippen molar-refractivity contribution in [2.75, 3.05) is 25.3 Å². The molecule has 0 unspecified atom stereocenters. The van der Waals surface area contributed by atoms with E-state index in [0.29, 0.717) is 28.6 Å². The van der Waals surface area contributed by atoms with Crippen molar-refractivity contribution in [2.24, 2.45) is 9.98 Å². The zero-order valence-corrected chi connectivity index (χ0v) is 19.6. The Morgan fingerprint density at radius 1 is 1.03 bits per heavy atom. The molecule has 0 atom stereocenters. The number of nitrogens with zero attached hydrogens (tertiary/aromatic N) is 3. The number of ether oxygens (including phenoxy) is 2. The van der Waals surface area contributed by atoms with Crippen LogP contribution in [-0.2, 0) is 4.79 Å². The Morgan fingerprint density at radius 2 is 1.76 bits per heavy atom. The van der Waals surface area contributed by atoms with Crippen LogP contribution in [0.4, 0.5) is 17.1 Å². The van der Waals surface area contributed by atoms with Crippen molar-refractivity contribution >= 4 is 57.1 Å². The maximum atomic E-state index is 12.7. The molecule has 0 saturated carbocycles. The Hall–Kier alpha value is -3.36. The largest absolute Gasteiger partial charge is 0.495 e. The quantitative estimate of drug-likeness (QED) is 0.490. The first kappa shape index (κ1) is 22.8. The zero-order chi connectivity index (χ0) is 23.2. The van der Waals surface area contributed by atoms with Crippen LogP contribution < -0.4 is 14.8 Å². The smallest absolute Gasteiger partial charge is 0.234 e. The number of nitrogens with one attached hydrogen (secondary N) is 1. The van der Waals surface area contributed by atoms with Gasteiger partial charge in [0.2, 0.25) is 5.91 Å². The maximum absolute atomic E-state index is 12.7. The SMILES string of the molecule is COc1cc(OC)c(NC(=O)CSC2=Nc3ccccc3N=C(c3ccccn3)C2)cc1Cl. The third kappa shape index (κ3) is 5.53. The number of halogens is 1. The van der Waals surface area contributed by atoms with Crippen LogP contribution in [0.2, 0.25) is 5.02 Å². The number of pyridine rings is 1. The van der Waals surface area contributed by atoms with E-state index in [-0.39, 0.29) is 11.7 Å². The first-order valence-corrected chi connectivity index (χ1v) is 11.4. The average Bonchev–Trinajstić information content (AvgIpc) is 3.03. The van der Waals surface area contributed by atoms with Gasteiger partial charge in [0, 0.05) is 18.7 Å². The molecular weight excluding hydrogens is 460 g/mol. The molecule has 0 radical (unpaired) electrons. The molecule has 0 saturated heterocycles. The molecule has 9 heteroatoms. The van der Waals surface area contributed by atoms with Gasteiger partial charge in [-0.15, -0.1) is 11.8 Å². The van der Waals surface area contributed by atoms with Crippen LogP contribution in [0, 0.1) is 0 Å². The summed E-state index contributed by atoms with van der Waals surface area (Å²) in [6, 6.07) is 16.6. The molecule has 2 aromatic carbocycles. The van der Waals surface area contributed by atoms with Crippen LogP contribution in [-0.4, -0.2) is 41.6 Å². The third-order valence-corrected chi connectivity index (χ3v) is 6.05. The number of fused-ring (bicyclic) bond motifs is 1. The molecule has 0 spiro atoms. The summed E-state index contributed by atoms with van der Waals surface area (Å²) in [6.45, 7) is 0. The molecule has 4 rings (SSSR count). The van der Waals surface area contributed by atoms with Crippen molar-refractivity contribution in [1.29, 1.82) is 0 Å². The fourth-order valence-corrected chi connectivity index (χ4v) is 4.23. The van der Waals surface area contributed by atoms with Crippen LogP contribution in [0.25, 0.3) is 0 Å². The second-order valence-corrected chi connectivity index (χ2v) is 8.42. The predicted molar refractivity (Wildman–Crippen MR) is 134 cm³/mol. The highest BCUT2D eigenvalue weighted by Crippen LogP contribution is 2.36. The summed E-state index contributed by atoms with van der Waals surface area (Å²) in [6.07, 6.45) is 2.21. The fraction of sp³-hybridized carbons (Fsp3) is 0.167. The molecule has 1 aromatic heterocycles. The Bertz CT molecular complexity index is 1230. The number of carbonyl (C=O) groups excluding carboxylic acids is 1. The number of methoxy groups -OCH3 is 2. The number of para-hydroxylation sites is 2. The highest BCUT2D eigenvalue weighted by atomic mass is 35.5.